The van der Waals surface area contributed by atoms with Crippen LogP contribution in [0.15, 0.2) is 58.4 Å². The van der Waals surface area contributed by atoms with Crippen molar-refractivity contribution in [3.05, 3.63) is 86.5 Å². The Balaban J connectivity index is 1.64. The van der Waals surface area contributed by atoms with E-state index in [4.69, 9.17) is 11.6 Å². The quantitative estimate of drug-likeness (QED) is 0.461. The third-order valence-electron chi connectivity index (χ3n) is 5.40. The zero-order valence-corrected chi connectivity index (χ0v) is 19.6. The lowest BCUT2D eigenvalue weighted by atomic mass is 10.1. The number of nitrogens with zero attached hydrogens (tertiary/aromatic N) is 2. The van der Waals surface area contributed by atoms with Crippen LogP contribution in [0.4, 0.5) is 5.69 Å². The van der Waals surface area contributed by atoms with Crippen LogP contribution in [0, 0.1) is 20.8 Å². The molecular weight excluding hydrogens is 426 g/mol. The molecule has 1 aromatic heterocycles. The number of thioether (sulfide) groups is 1. The molecule has 0 spiro atoms. The highest BCUT2D eigenvalue weighted by Gasteiger charge is 2.25. The maximum Gasteiger partial charge on any atom is 0.264 e. The van der Waals surface area contributed by atoms with Gasteiger partial charge in [-0.15, -0.1) is 0 Å². The average Bonchev–Trinajstić information content (AvgIpc) is 3.23. The summed E-state index contributed by atoms with van der Waals surface area (Å²) >= 11 is 7.44. The Morgan fingerprint density at radius 1 is 1.10 bits per heavy atom. The van der Waals surface area contributed by atoms with Gasteiger partial charge in [0.05, 0.1) is 10.6 Å². The molecule has 0 atom stereocenters. The van der Waals surface area contributed by atoms with Crippen LogP contribution in [-0.2, 0) is 11.2 Å². The molecule has 4 nitrogen and oxygen atoms in total. The molecule has 1 fully saturated rings. The van der Waals surface area contributed by atoms with Crippen LogP contribution in [-0.4, -0.2) is 15.6 Å². The Morgan fingerprint density at radius 2 is 1.84 bits per heavy atom. The predicted octanol–water partition coefficient (Wildman–Crippen LogP) is 6.51. The molecule has 1 amide bonds. The van der Waals surface area contributed by atoms with Gasteiger partial charge < -0.3 is 9.88 Å². The highest BCUT2D eigenvalue weighted by molar-refractivity contribution is 8.18. The third kappa shape index (κ3) is 4.48. The zero-order valence-electron chi connectivity index (χ0n) is 18.0. The number of aryl methyl sites for hydroxylation is 3. The molecule has 0 unspecified atom stereocenters. The van der Waals surface area contributed by atoms with Gasteiger partial charge in [0.25, 0.3) is 5.91 Å². The molecule has 0 bridgehead atoms. The highest BCUT2D eigenvalue weighted by Crippen LogP contribution is 2.32. The number of nitrogens with one attached hydrogen (secondary N) is 1. The number of aromatic nitrogens is 1. The molecule has 2 heterocycles. The monoisotopic (exact) mass is 449 g/mol. The second-order valence-corrected chi connectivity index (χ2v) is 9.06. The second kappa shape index (κ2) is 8.77. The van der Waals surface area contributed by atoms with Crippen LogP contribution < -0.4 is 5.32 Å². The number of hydrogen-bond donors (Lipinski definition) is 1. The number of aliphatic imine (C=N–C) groups is 1. The van der Waals surface area contributed by atoms with Crippen molar-refractivity contribution in [1.82, 2.24) is 9.88 Å². The topological polar surface area (TPSA) is 46.4 Å². The molecule has 4 rings (SSSR count). The van der Waals surface area contributed by atoms with E-state index in [9.17, 15) is 4.79 Å². The van der Waals surface area contributed by atoms with Crippen molar-refractivity contribution < 1.29 is 4.79 Å². The number of benzene rings is 2. The van der Waals surface area contributed by atoms with Gasteiger partial charge in [0.2, 0.25) is 0 Å². The maximum absolute atomic E-state index is 12.6. The molecule has 0 saturated carbocycles. The lowest BCUT2D eigenvalue weighted by molar-refractivity contribution is -0.115. The van der Waals surface area contributed by atoms with Gasteiger partial charge in [0.1, 0.15) is 0 Å². The van der Waals surface area contributed by atoms with Crippen LogP contribution in [0.5, 0.6) is 0 Å². The Kier molecular flexibility index (Phi) is 6.08. The maximum atomic E-state index is 12.6. The van der Waals surface area contributed by atoms with Crippen molar-refractivity contribution in [1.29, 1.82) is 0 Å². The molecule has 0 radical (unpaired) electrons. The van der Waals surface area contributed by atoms with Gasteiger partial charge in [-0.1, -0.05) is 36.7 Å². The van der Waals surface area contributed by atoms with Crippen molar-refractivity contribution in [2.45, 2.75) is 34.1 Å². The van der Waals surface area contributed by atoms with E-state index in [1.54, 1.807) is 6.07 Å². The summed E-state index contributed by atoms with van der Waals surface area (Å²) in [5.74, 6) is -0.138. The molecule has 1 saturated heterocycles. The van der Waals surface area contributed by atoms with E-state index in [-0.39, 0.29) is 5.91 Å². The first-order chi connectivity index (χ1) is 14.9. The van der Waals surface area contributed by atoms with E-state index in [1.165, 1.54) is 17.3 Å². The first kappa shape index (κ1) is 21.5. The van der Waals surface area contributed by atoms with E-state index in [0.717, 1.165) is 40.3 Å². The van der Waals surface area contributed by atoms with Crippen LogP contribution in [0.1, 0.15) is 35.0 Å². The molecule has 1 N–H and O–H groups in total. The number of carbonyl (C=O) groups excluding carboxylic acids is 1. The van der Waals surface area contributed by atoms with Crippen molar-refractivity contribution in [2.75, 3.05) is 0 Å². The van der Waals surface area contributed by atoms with Gasteiger partial charge in [0, 0.05) is 22.1 Å². The fraction of sp³-hybridized carbons (Fsp3) is 0.200. The molecule has 2 aromatic carbocycles. The normalized spacial score (nSPS) is 16.4. The second-order valence-electron chi connectivity index (χ2n) is 7.59. The predicted molar refractivity (Wildman–Crippen MR) is 132 cm³/mol. The molecule has 158 valence electrons. The van der Waals surface area contributed by atoms with E-state index < -0.39 is 0 Å². The third-order valence-corrected chi connectivity index (χ3v) is 6.55. The lowest BCUT2D eigenvalue weighted by Crippen LogP contribution is -2.19. The van der Waals surface area contributed by atoms with Gasteiger partial charge in [-0.2, -0.15) is 0 Å². The summed E-state index contributed by atoms with van der Waals surface area (Å²) in [6.07, 6.45) is 2.96. The number of amidine groups is 1. The van der Waals surface area contributed by atoms with Gasteiger partial charge >= 0.3 is 0 Å². The van der Waals surface area contributed by atoms with Crippen LogP contribution >= 0.6 is 23.4 Å². The molecule has 0 aliphatic carbocycles. The number of hydrogen-bond acceptors (Lipinski definition) is 3. The SMILES string of the molecule is CCc1ccc(-n2c(C)cc(/C=C3\SC(=Nc4cc(Cl)ccc4C)NC3=O)c2C)cc1. The summed E-state index contributed by atoms with van der Waals surface area (Å²) < 4.78 is 2.22. The Hall–Kier alpha value is -2.76. The van der Waals surface area contributed by atoms with Gasteiger partial charge in [-0.3, -0.25) is 4.79 Å². The summed E-state index contributed by atoms with van der Waals surface area (Å²) in [7, 11) is 0. The van der Waals surface area contributed by atoms with Crippen LogP contribution in [0.25, 0.3) is 11.8 Å². The first-order valence-electron chi connectivity index (χ1n) is 10.2. The highest BCUT2D eigenvalue weighted by atomic mass is 35.5. The van der Waals surface area contributed by atoms with Crippen LogP contribution in [0.3, 0.4) is 0 Å². The lowest BCUT2D eigenvalue weighted by Gasteiger charge is -2.10. The van der Waals surface area contributed by atoms with Crippen LogP contribution in [0.2, 0.25) is 5.02 Å². The largest absolute Gasteiger partial charge is 0.318 e. The van der Waals surface area contributed by atoms with E-state index in [0.29, 0.717) is 15.1 Å². The molecule has 6 heteroatoms. The van der Waals surface area contributed by atoms with Crippen molar-refractivity contribution in [3.63, 3.8) is 0 Å². The van der Waals surface area contributed by atoms with E-state index >= 15 is 0 Å². The minimum atomic E-state index is -0.138. The first-order valence-corrected chi connectivity index (χ1v) is 11.4. The van der Waals surface area contributed by atoms with Gasteiger partial charge in [0.15, 0.2) is 5.17 Å². The molecule has 1 aliphatic rings. The van der Waals surface area contributed by atoms with Crippen molar-refractivity contribution in [3.8, 4) is 5.69 Å². The summed E-state index contributed by atoms with van der Waals surface area (Å²) in [5, 5.41) is 4.04. The molecular formula is C25H24ClN3OS. The minimum Gasteiger partial charge on any atom is -0.318 e. The van der Waals surface area contributed by atoms with Crippen molar-refractivity contribution in [2.24, 2.45) is 4.99 Å². The molecule has 1 aliphatic heterocycles. The number of halogens is 1. The Labute approximate surface area is 192 Å². The summed E-state index contributed by atoms with van der Waals surface area (Å²) in [4.78, 5) is 17.8. The summed E-state index contributed by atoms with van der Waals surface area (Å²) in [6, 6.07) is 16.3. The Morgan fingerprint density at radius 3 is 2.55 bits per heavy atom. The minimum absolute atomic E-state index is 0.138. The smallest absolute Gasteiger partial charge is 0.264 e. The number of amides is 1. The fourth-order valence-electron chi connectivity index (χ4n) is 3.65. The number of carbonyl (C=O) groups is 1. The van der Waals surface area contributed by atoms with E-state index in [1.807, 2.05) is 25.1 Å². The number of rotatable bonds is 4. The Bertz CT molecular complexity index is 1220. The zero-order chi connectivity index (χ0) is 22.1. The standard InChI is InChI=1S/C25H24ClN3OS/c1-5-18-7-10-21(11-8-18)29-16(3)12-19(17(29)4)13-23-24(30)28-25(31-23)27-22-14-20(26)9-6-15(22)2/h6-14H,5H2,1-4H3,(H,27,28,30)/b23-13-. The fourth-order valence-corrected chi connectivity index (χ4v) is 4.64. The molecule has 31 heavy (non-hydrogen) atoms. The van der Waals surface area contributed by atoms with Crippen molar-refractivity contribution >= 4 is 46.2 Å². The van der Waals surface area contributed by atoms with E-state index in [2.05, 4.69) is 66.0 Å². The average molecular weight is 450 g/mol. The summed E-state index contributed by atoms with van der Waals surface area (Å²) in [6.45, 7) is 8.28. The summed E-state index contributed by atoms with van der Waals surface area (Å²) in [5.41, 5.74) is 7.44. The molecule has 3 aromatic rings. The van der Waals surface area contributed by atoms with Gasteiger partial charge in [-0.05, 0) is 92.1 Å². The van der Waals surface area contributed by atoms with Gasteiger partial charge in [-0.25, -0.2) is 4.99 Å².